The smallest absolute Gasteiger partial charge is 0.285 e. The first-order valence-corrected chi connectivity index (χ1v) is 7.47. The maximum Gasteiger partial charge on any atom is 0.285 e. The molecule has 0 radical (unpaired) electrons. The average Bonchev–Trinajstić information content (AvgIpc) is 2.60. The van der Waals surface area contributed by atoms with Gasteiger partial charge in [-0.1, -0.05) is 0 Å². The van der Waals surface area contributed by atoms with Crippen LogP contribution in [0.3, 0.4) is 0 Å². The quantitative estimate of drug-likeness (QED) is 0.851. The molecule has 0 unspecified atom stereocenters. The minimum atomic E-state index is -0.601. The molecule has 0 spiro atoms. The van der Waals surface area contributed by atoms with Crippen LogP contribution < -0.4 is 16.2 Å². The zero-order chi connectivity index (χ0) is 18.6. The van der Waals surface area contributed by atoms with Crippen LogP contribution in [0.4, 0.5) is 5.69 Å². The second-order valence-corrected chi connectivity index (χ2v) is 5.36. The molecular formula is C17H17N5O3. The third kappa shape index (κ3) is 3.90. The van der Waals surface area contributed by atoms with E-state index in [1.54, 1.807) is 38.1 Å². The predicted octanol–water partition coefficient (Wildman–Crippen LogP) is 0.730. The van der Waals surface area contributed by atoms with Crippen molar-refractivity contribution in [2.75, 3.05) is 12.4 Å². The number of aromatic nitrogens is 2. The zero-order valence-corrected chi connectivity index (χ0v) is 14.1. The summed E-state index contributed by atoms with van der Waals surface area (Å²) in [6.07, 6.45) is 0. The molecule has 2 amide bonds. The molecule has 8 heteroatoms. The number of amides is 2. The average molecular weight is 339 g/mol. The highest BCUT2D eigenvalue weighted by Crippen LogP contribution is 2.10. The van der Waals surface area contributed by atoms with Gasteiger partial charge in [-0.25, -0.2) is 4.68 Å². The molecule has 0 saturated carbocycles. The minimum Gasteiger partial charge on any atom is -0.355 e. The number of nitriles is 1. The first-order chi connectivity index (χ1) is 11.9. The number of hydrogen-bond acceptors (Lipinski definition) is 5. The third-order valence-corrected chi connectivity index (χ3v) is 3.70. The molecule has 25 heavy (non-hydrogen) atoms. The van der Waals surface area contributed by atoms with Gasteiger partial charge in [-0.05, 0) is 43.7 Å². The molecule has 128 valence electrons. The molecule has 1 aromatic heterocycles. The van der Waals surface area contributed by atoms with Gasteiger partial charge in [-0.2, -0.15) is 10.4 Å². The summed E-state index contributed by atoms with van der Waals surface area (Å²) in [6, 6.07) is 8.16. The lowest BCUT2D eigenvalue weighted by atomic mass is 10.1. The van der Waals surface area contributed by atoms with Crippen LogP contribution in [0.25, 0.3) is 0 Å². The highest BCUT2D eigenvalue weighted by atomic mass is 16.2. The van der Waals surface area contributed by atoms with E-state index < -0.39 is 11.5 Å². The molecular weight excluding hydrogens is 322 g/mol. The summed E-state index contributed by atoms with van der Waals surface area (Å²) in [6.45, 7) is 2.99. The molecule has 2 rings (SSSR count). The number of carbonyl (C=O) groups excluding carboxylic acids is 2. The number of nitrogens with one attached hydrogen (secondary N) is 2. The highest BCUT2D eigenvalue weighted by molar-refractivity contribution is 5.95. The first-order valence-electron chi connectivity index (χ1n) is 7.47. The molecule has 0 atom stereocenters. The Morgan fingerprint density at radius 1 is 1.24 bits per heavy atom. The lowest BCUT2D eigenvalue weighted by Gasteiger charge is -2.10. The Bertz CT molecular complexity index is 923. The molecule has 1 aromatic carbocycles. The Hall–Kier alpha value is -3.47. The van der Waals surface area contributed by atoms with Gasteiger partial charge >= 0.3 is 0 Å². The lowest BCUT2D eigenvalue weighted by Crippen LogP contribution is -2.32. The largest absolute Gasteiger partial charge is 0.355 e. The Morgan fingerprint density at radius 3 is 2.44 bits per heavy atom. The Labute approximate surface area is 144 Å². The van der Waals surface area contributed by atoms with Crippen molar-refractivity contribution in [3.05, 3.63) is 57.0 Å². The van der Waals surface area contributed by atoms with E-state index in [9.17, 15) is 14.4 Å². The van der Waals surface area contributed by atoms with Gasteiger partial charge in [-0.3, -0.25) is 14.4 Å². The summed E-state index contributed by atoms with van der Waals surface area (Å²) in [5, 5.41) is 18.3. The van der Waals surface area contributed by atoms with Crippen molar-refractivity contribution >= 4 is 17.5 Å². The number of benzene rings is 1. The number of hydrogen-bond donors (Lipinski definition) is 2. The second-order valence-electron chi connectivity index (χ2n) is 5.36. The van der Waals surface area contributed by atoms with Crippen molar-refractivity contribution in [1.82, 2.24) is 15.1 Å². The fraction of sp³-hybridized carbons (Fsp3) is 0.235. The molecule has 0 aliphatic heterocycles. The van der Waals surface area contributed by atoms with E-state index >= 15 is 0 Å². The summed E-state index contributed by atoms with van der Waals surface area (Å²) < 4.78 is 0.967. The van der Waals surface area contributed by atoms with E-state index in [2.05, 4.69) is 15.7 Å². The summed E-state index contributed by atoms with van der Waals surface area (Å²) in [4.78, 5) is 35.8. The van der Waals surface area contributed by atoms with E-state index in [1.807, 2.05) is 6.07 Å². The Kier molecular flexibility index (Phi) is 5.29. The first kappa shape index (κ1) is 17.9. The van der Waals surface area contributed by atoms with Crippen LogP contribution in [0.15, 0.2) is 29.1 Å². The summed E-state index contributed by atoms with van der Waals surface area (Å²) in [7, 11) is 1.53. The van der Waals surface area contributed by atoms with Gasteiger partial charge in [0.25, 0.3) is 11.5 Å². The van der Waals surface area contributed by atoms with E-state index in [0.717, 1.165) is 4.68 Å². The molecule has 2 aromatic rings. The van der Waals surface area contributed by atoms with Gasteiger partial charge in [0.15, 0.2) is 0 Å². The fourth-order valence-corrected chi connectivity index (χ4v) is 2.20. The number of rotatable bonds is 4. The van der Waals surface area contributed by atoms with E-state index in [1.165, 1.54) is 7.05 Å². The maximum atomic E-state index is 12.2. The van der Waals surface area contributed by atoms with Crippen LogP contribution in [0.1, 0.15) is 27.2 Å². The van der Waals surface area contributed by atoms with Crippen molar-refractivity contribution in [1.29, 1.82) is 5.26 Å². The second kappa shape index (κ2) is 7.40. The number of aryl methyl sites for hydroxylation is 1. The molecule has 0 fully saturated rings. The van der Waals surface area contributed by atoms with Gasteiger partial charge in [0.2, 0.25) is 5.91 Å². The standard InChI is InChI=1S/C17H17N5O3/c1-10-11(2)21-22(17(25)14(10)8-18)9-15(23)20-13-6-4-12(5-7-13)16(24)19-3/h4-7H,9H2,1-3H3,(H,19,24)(H,20,23). The van der Waals surface area contributed by atoms with Crippen molar-refractivity contribution in [2.24, 2.45) is 0 Å². The molecule has 0 bridgehead atoms. The van der Waals surface area contributed by atoms with Crippen LogP contribution in [0.2, 0.25) is 0 Å². The van der Waals surface area contributed by atoms with E-state index in [4.69, 9.17) is 5.26 Å². The van der Waals surface area contributed by atoms with Crippen LogP contribution >= 0.6 is 0 Å². The SMILES string of the molecule is CNC(=O)c1ccc(NC(=O)Cn2nc(C)c(C)c(C#N)c2=O)cc1. The van der Waals surface area contributed by atoms with E-state index in [-0.39, 0.29) is 18.0 Å². The van der Waals surface area contributed by atoms with Crippen molar-refractivity contribution in [3.63, 3.8) is 0 Å². The third-order valence-electron chi connectivity index (χ3n) is 3.70. The highest BCUT2D eigenvalue weighted by Gasteiger charge is 2.14. The van der Waals surface area contributed by atoms with Gasteiger partial charge in [0.05, 0.1) is 5.69 Å². The van der Waals surface area contributed by atoms with Gasteiger partial charge in [0, 0.05) is 18.3 Å². The van der Waals surface area contributed by atoms with Gasteiger partial charge < -0.3 is 10.6 Å². The molecule has 0 aliphatic carbocycles. The predicted molar refractivity (Wildman–Crippen MR) is 91.1 cm³/mol. The number of carbonyl (C=O) groups is 2. The van der Waals surface area contributed by atoms with Crippen molar-refractivity contribution in [2.45, 2.75) is 20.4 Å². The summed E-state index contributed by atoms with van der Waals surface area (Å²) >= 11 is 0. The fourth-order valence-electron chi connectivity index (χ4n) is 2.20. The zero-order valence-electron chi connectivity index (χ0n) is 14.1. The van der Waals surface area contributed by atoms with Gasteiger partial charge in [0.1, 0.15) is 18.2 Å². The molecule has 0 saturated heterocycles. The Balaban J connectivity index is 2.16. The van der Waals surface area contributed by atoms with Gasteiger partial charge in [-0.15, -0.1) is 0 Å². The Morgan fingerprint density at radius 2 is 1.88 bits per heavy atom. The van der Waals surface area contributed by atoms with Crippen LogP contribution in [0, 0.1) is 25.2 Å². The molecule has 2 N–H and O–H groups in total. The number of nitrogens with zero attached hydrogens (tertiary/aromatic N) is 3. The minimum absolute atomic E-state index is 0.0183. The van der Waals surface area contributed by atoms with Crippen molar-refractivity contribution in [3.8, 4) is 6.07 Å². The summed E-state index contributed by atoms with van der Waals surface area (Å²) in [5.41, 5.74) is 1.35. The molecule has 8 nitrogen and oxygen atoms in total. The molecule has 0 aliphatic rings. The van der Waals surface area contributed by atoms with Crippen LogP contribution in [-0.2, 0) is 11.3 Å². The topological polar surface area (TPSA) is 117 Å². The lowest BCUT2D eigenvalue weighted by molar-refractivity contribution is -0.117. The maximum absolute atomic E-state index is 12.2. The van der Waals surface area contributed by atoms with Crippen LogP contribution in [-0.4, -0.2) is 28.6 Å². The normalized spacial score (nSPS) is 10.0. The molecule has 1 heterocycles. The summed E-state index contributed by atoms with van der Waals surface area (Å²) in [5.74, 6) is -0.692. The van der Waals surface area contributed by atoms with Crippen molar-refractivity contribution < 1.29 is 9.59 Å². The monoisotopic (exact) mass is 339 g/mol. The van der Waals surface area contributed by atoms with Crippen LogP contribution in [0.5, 0.6) is 0 Å². The van der Waals surface area contributed by atoms with E-state index in [0.29, 0.717) is 22.5 Å². The number of anilines is 1.